The number of likely N-dealkylation sites (tertiary alicyclic amines) is 1. The van der Waals surface area contributed by atoms with Crippen LogP contribution in [-0.2, 0) is 4.79 Å². The maximum atomic E-state index is 12.6. The van der Waals surface area contributed by atoms with Crippen LogP contribution in [-0.4, -0.2) is 39.5 Å². The number of carboxylic acids is 1. The van der Waals surface area contributed by atoms with Gasteiger partial charge in [0.25, 0.3) is 5.91 Å². The molecule has 0 radical (unpaired) electrons. The molecule has 1 aliphatic heterocycles. The summed E-state index contributed by atoms with van der Waals surface area (Å²) in [5.41, 5.74) is 2.23. The average Bonchev–Trinajstić information content (AvgIpc) is 3.15. The third kappa shape index (κ3) is 2.74. The van der Waals surface area contributed by atoms with Gasteiger partial charge >= 0.3 is 5.97 Å². The summed E-state index contributed by atoms with van der Waals surface area (Å²) in [5.74, 6) is -1.16. The summed E-state index contributed by atoms with van der Waals surface area (Å²) in [7, 11) is 0. The van der Waals surface area contributed by atoms with Crippen molar-refractivity contribution in [2.24, 2.45) is 0 Å². The normalized spacial score (nSPS) is 17.7. The van der Waals surface area contributed by atoms with Crippen LogP contribution in [0.1, 0.15) is 28.2 Å². The Morgan fingerprint density at radius 1 is 1.41 bits per heavy atom. The maximum Gasteiger partial charge on any atom is 0.326 e. The summed E-state index contributed by atoms with van der Waals surface area (Å²) in [6, 6.07) is 6.52. The molecular weight excluding hydrogens is 300 g/mol. The van der Waals surface area contributed by atoms with Crippen molar-refractivity contribution in [2.75, 3.05) is 6.54 Å². The highest BCUT2D eigenvalue weighted by atomic mass is 32.1. The molecule has 1 aromatic heterocycles. The number of rotatable bonds is 3. The van der Waals surface area contributed by atoms with Crippen molar-refractivity contribution in [2.45, 2.75) is 25.8 Å². The molecule has 0 aliphatic carbocycles. The molecule has 1 amide bonds. The summed E-state index contributed by atoms with van der Waals surface area (Å²) in [5, 5.41) is 12.1. The van der Waals surface area contributed by atoms with Crippen LogP contribution in [0.2, 0.25) is 0 Å². The second-order valence-corrected chi connectivity index (χ2v) is 6.39. The largest absolute Gasteiger partial charge is 0.480 e. The molecule has 2 heterocycles. The van der Waals surface area contributed by atoms with E-state index in [0.29, 0.717) is 18.5 Å². The molecule has 0 saturated carbocycles. The number of benzene rings is 1. The summed E-state index contributed by atoms with van der Waals surface area (Å²) in [6.07, 6.45) is 1.25. The van der Waals surface area contributed by atoms with Gasteiger partial charge in [0.2, 0.25) is 0 Å². The number of nitrogens with zero attached hydrogens (tertiary/aromatic N) is 2. The Morgan fingerprint density at radius 2 is 2.23 bits per heavy atom. The second kappa shape index (κ2) is 5.88. The van der Waals surface area contributed by atoms with Crippen molar-refractivity contribution in [3.8, 4) is 11.3 Å². The van der Waals surface area contributed by atoms with Gasteiger partial charge in [-0.2, -0.15) is 0 Å². The van der Waals surface area contributed by atoms with Gasteiger partial charge < -0.3 is 10.0 Å². The van der Waals surface area contributed by atoms with Crippen molar-refractivity contribution >= 4 is 23.2 Å². The minimum absolute atomic E-state index is 0.223. The highest BCUT2D eigenvalue weighted by Gasteiger charge is 2.34. The van der Waals surface area contributed by atoms with Gasteiger partial charge in [0.1, 0.15) is 6.04 Å². The molecule has 1 fully saturated rings. The molecule has 5 nitrogen and oxygen atoms in total. The predicted octanol–water partition coefficient (Wildman–Crippen LogP) is 2.81. The van der Waals surface area contributed by atoms with Crippen LogP contribution in [0.15, 0.2) is 29.6 Å². The van der Waals surface area contributed by atoms with E-state index >= 15 is 0 Å². The lowest BCUT2D eigenvalue weighted by Crippen LogP contribution is -2.40. The Kier molecular flexibility index (Phi) is 3.94. The molecule has 114 valence electrons. The molecule has 1 saturated heterocycles. The molecule has 0 spiro atoms. The number of thiazole rings is 1. The van der Waals surface area contributed by atoms with Crippen LogP contribution in [0.5, 0.6) is 0 Å². The lowest BCUT2D eigenvalue weighted by atomic mass is 10.1. The van der Waals surface area contributed by atoms with E-state index in [2.05, 4.69) is 4.98 Å². The molecule has 2 aromatic rings. The lowest BCUT2D eigenvalue weighted by molar-refractivity contribution is -0.141. The summed E-state index contributed by atoms with van der Waals surface area (Å²) in [6.45, 7) is 2.43. The molecule has 0 unspecified atom stereocenters. The summed E-state index contributed by atoms with van der Waals surface area (Å²) in [4.78, 5) is 29.7. The first-order valence-electron chi connectivity index (χ1n) is 7.12. The van der Waals surface area contributed by atoms with Crippen molar-refractivity contribution in [1.29, 1.82) is 0 Å². The lowest BCUT2D eigenvalue weighted by Gasteiger charge is -2.21. The number of hydrogen-bond donors (Lipinski definition) is 1. The van der Waals surface area contributed by atoms with E-state index in [9.17, 15) is 14.7 Å². The predicted molar refractivity (Wildman–Crippen MR) is 84.0 cm³/mol. The van der Waals surface area contributed by atoms with Crippen LogP contribution in [0, 0.1) is 6.92 Å². The van der Waals surface area contributed by atoms with Crippen LogP contribution >= 0.6 is 11.3 Å². The molecule has 6 heteroatoms. The van der Waals surface area contributed by atoms with E-state index in [-0.39, 0.29) is 5.91 Å². The van der Waals surface area contributed by atoms with E-state index in [4.69, 9.17) is 0 Å². The zero-order valence-electron chi connectivity index (χ0n) is 12.2. The fraction of sp³-hybridized carbons (Fsp3) is 0.312. The van der Waals surface area contributed by atoms with E-state index < -0.39 is 12.0 Å². The Balaban J connectivity index is 1.89. The molecule has 1 aromatic carbocycles. The number of carboxylic acid groups (broad SMARTS) is 1. The fourth-order valence-corrected chi connectivity index (χ4v) is 3.36. The van der Waals surface area contributed by atoms with Crippen molar-refractivity contribution < 1.29 is 14.7 Å². The molecule has 0 bridgehead atoms. The number of carbonyl (C=O) groups is 2. The molecule has 1 N–H and O–H groups in total. The average molecular weight is 316 g/mol. The van der Waals surface area contributed by atoms with Gasteiger partial charge in [0.15, 0.2) is 0 Å². The van der Waals surface area contributed by atoms with Crippen LogP contribution in [0.4, 0.5) is 0 Å². The van der Waals surface area contributed by atoms with Gasteiger partial charge in [-0.3, -0.25) is 4.79 Å². The second-order valence-electron chi connectivity index (χ2n) is 5.33. The highest BCUT2D eigenvalue weighted by molar-refractivity contribution is 7.09. The Labute approximate surface area is 132 Å². The van der Waals surface area contributed by atoms with Gasteiger partial charge in [-0.05, 0) is 31.9 Å². The van der Waals surface area contributed by atoms with Gasteiger partial charge in [-0.15, -0.1) is 11.3 Å². The minimum atomic E-state index is -0.933. The zero-order valence-corrected chi connectivity index (χ0v) is 13.0. The first-order valence-corrected chi connectivity index (χ1v) is 8.00. The van der Waals surface area contributed by atoms with Crippen molar-refractivity contribution in [3.05, 3.63) is 40.2 Å². The number of amides is 1. The fourth-order valence-electron chi connectivity index (χ4n) is 2.74. The zero-order chi connectivity index (χ0) is 15.7. The van der Waals surface area contributed by atoms with Crippen LogP contribution < -0.4 is 0 Å². The first-order chi connectivity index (χ1) is 10.6. The SMILES string of the molecule is Cc1nc(-c2cccc(C(=O)N3CCC[C@@H]3C(=O)O)c2)cs1. The van der Waals surface area contributed by atoms with E-state index in [1.165, 1.54) is 4.90 Å². The maximum absolute atomic E-state index is 12.6. The van der Waals surface area contributed by atoms with Crippen LogP contribution in [0.3, 0.4) is 0 Å². The number of aliphatic carboxylic acids is 1. The monoisotopic (exact) mass is 316 g/mol. The van der Waals surface area contributed by atoms with Crippen molar-refractivity contribution in [3.63, 3.8) is 0 Å². The smallest absolute Gasteiger partial charge is 0.326 e. The molecule has 22 heavy (non-hydrogen) atoms. The third-order valence-corrected chi connectivity index (χ3v) is 4.60. The van der Waals surface area contributed by atoms with Gasteiger partial charge in [0.05, 0.1) is 10.7 Å². The molecule has 1 atom stereocenters. The number of hydrogen-bond acceptors (Lipinski definition) is 4. The van der Waals surface area contributed by atoms with Gasteiger partial charge in [-0.25, -0.2) is 9.78 Å². The Morgan fingerprint density at radius 3 is 2.91 bits per heavy atom. The van der Waals surface area contributed by atoms with Crippen molar-refractivity contribution in [1.82, 2.24) is 9.88 Å². The quantitative estimate of drug-likeness (QED) is 0.945. The van der Waals surface area contributed by atoms with E-state index in [0.717, 1.165) is 22.7 Å². The number of aryl methyl sites for hydroxylation is 1. The van der Waals surface area contributed by atoms with E-state index in [1.807, 2.05) is 24.4 Å². The third-order valence-electron chi connectivity index (χ3n) is 3.82. The van der Waals surface area contributed by atoms with E-state index in [1.54, 1.807) is 23.5 Å². The summed E-state index contributed by atoms with van der Waals surface area (Å²) < 4.78 is 0. The molecule has 1 aliphatic rings. The molecular formula is C16H16N2O3S. The summed E-state index contributed by atoms with van der Waals surface area (Å²) >= 11 is 1.56. The minimum Gasteiger partial charge on any atom is -0.480 e. The van der Waals surface area contributed by atoms with Gasteiger partial charge in [-0.1, -0.05) is 12.1 Å². The number of aromatic nitrogens is 1. The highest BCUT2D eigenvalue weighted by Crippen LogP contribution is 2.25. The Bertz CT molecular complexity index is 726. The number of carbonyl (C=O) groups excluding carboxylic acids is 1. The van der Waals surface area contributed by atoms with Crippen LogP contribution in [0.25, 0.3) is 11.3 Å². The topological polar surface area (TPSA) is 70.5 Å². The standard InChI is InChI=1S/C16H16N2O3S/c1-10-17-13(9-22-10)11-4-2-5-12(8-11)15(19)18-7-3-6-14(18)16(20)21/h2,4-5,8-9,14H,3,6-7H2,1H3,(H,20,21)/t14-/m1/s1. The van der Waals surface area contributed by atoms with Gasteiger partial charge in [0, 0.05) is 23.1 Å². The Hall–Kier alpha value is -2.21. The molecule has 3 rings (SSSR count). The first kappa shape index (κ1) is 14.7.